The summed E-state index contributed by atoms with van der Waals surface area (Å²) >= 11 is 3.22. The molecule has 0 amide bonds. The number of nitrogens with zero attached hydrogens (tertiary/aromatic N) is 1. The Balaban J connectivity index is 2.47. The zero-order valence-electron chi connectivity index (χ0n) is 8.22. The molecule has 1 aliphatic rings. The molecule has 4 nitrogen and oxygen atoms in total. The van der Waals surface area contributed by atoms with Crippen LogP contribution in [-0.2, 0) is 10.5 Å². The van der Waals surface area contributed by atoms with Crippen molar-refractivity contribution in [2.75, 3.05) is 0 Å². The number of rotatable bonds is 2. The van der Waals surface area contributed by atoms with Gasteiger partial charge < -0.3 is 10.4 Å². The molecule has 0 spiro atoms. The quantitative estimate of drug-likeness (QED) is 0.869. The highest BCUT2D eigenvalue weighted by atomic mass is 79.9. The number of hydrogen-bond acceptors (Lipinski definition) is 3. The number of nitrogens with one attached hydrogen (secondary N) is 1. The average Bonchev–Trinajstić information content (AvgIpc) is 2.31. The van der Waals surface area contributed by atoms with E-state index in [4.69, 9.17) is 0 Å². The van der Waals surface area contributed by atoms with Crippen LogP contribution in [0.25, 0.3) is 0 Å². The van der Waals surface area contributed by atoms with E-state index in [-0.39, 0.29) is 0 Å². The summed E-state index contributed by atoms with van der Waals surface area (Å²) in [5.74, 6) is -1.04. The van der Waals surface area contributed by atoms with Crippen LogP contribution in [0.4, 0.5) is 0 Å². The van der Waals surface area contributed by atoms with Crippen LogP contribution in [0.1, 0.15) is 5.56 Å². The maximum absolute atomic E-state index is 11.4. The molecule has 0 aromatic heterocycles. The van der Waals surface area contributed by atoms with E-state index in [1.807, 2.05) is 6.07 Å². The topological polar surface area (TPSA) is 61.7 Å². The molecule has 2 N–H and O–H groups in total. The fourth-order valence-corrected chi connectivity index (χ4v) is 1.70. The number of halogens is 1. The van der Waals surface area contributed by atoms with E-state index in [0.29, 0.717) is 10.0 Å². The number of carboxylic acid groups (broad SMARTS) is 1. The van der Waals surface area contributed by atoms with Gasteiger partial charge in [-0.15, -0.1) is 0 Å². The Hall–Kier alpha value is -1.62. The van der Waals surface area contributed by atoms with Crippen molar-refractivity contribution in [2.24, 2.45) is 4.99 Å². The molecule has 1 aromatic carbocycles. The van der Waals surface area contributed by atoms with Crippen molar-refractivity contribution in [3.05, 3.63) is 46.6 Å². The minimum absolute atomic E-state index is 0.593. The molecule has 1 unspecified atom stereocenters. The maximum atomic E-state index is 11.4. The first kappa shape index (κ1) is 10.9. The zero-order valence-corrected chi connectivity index (χ0v) is 9.81. The molecule has 5 heteroatoms. The maximum Gasteiger partial charge on any atom is 0.357 e. The molecule has 1 atom stereocenters. The Morgan fingerprint density at radius 3 is 2.56 bits per heavy atom. The van der Waals surface area contributed by atoms with Gasteiger partial charge in [0.1, 0.15) is 0 Å². The van der Waals surface area contributed by atoms with Gasteiger partial charge in [-0.3, -0.25) is 0 Å². The second-order valence-corrected chi connectivity index (χ2v) is 4.23. The van der Waals surface area contributed by atoms with E-state index in [2.05, 4.69) is 26.2 Å². The number of carbonyl (C=O) groups is 1. The zero-order chi connectivity index (χ0) is 11.6. The van der Waals surface area contributed by atoms with E-state index in [9.17, 15) is 9.90 Å². The molecular formula is C11H9BrN2O2. The van der Waals surface area contributed by atoms with Crippen molar-refractivity contribution < 1.29 is 9.90 Å². The van der Waals surface area contributed by atoms with E-state index >= 15 is 0 Å². The van der Waals surface area contributed by atoms with Gasteiger partial charge in [-0.1, -0.05) is 30.3 Å². The van der Waals surface area contributed by atoms with Crippen molar-refractivity contribution in [3.8, 4) is 0 Å². The Labute approximate surface area is 101 Å². The van der Waals surface area contributed by atoms with Crippen LogP contribution in [0.5, 0.6) is 0 Å². The molecule has 1 aliphatic heterocycles. The third-order valence-electron chi connectivity index (χ3n) is 2.30. The first-order chi connectivity index (χ1) is 7.65. The fraction of sp³-hybridized carbons (Fsp3) is 0.0909. The van der Waals surface area contributed by atoms with Gasteiger partial charge in [0.05, 0.1) is 4.48 Å². The molecule has 0 aliphatic carbocycles. The van der Waals surface area contributed by atoms with Crippen LogP contribution in [0.3, 0.4) is 0 Å². The van der Waals surface area contributed by atoms with Crippen molar-refractivity contribution in [1.29, 1.82) is 0 Å². The molecule has 0 bridgehead atoms. The van der Waals surface area contributed by atoms with Gasteiger partial charge >= 0.3 is 5.97 Å². The third-order valence-corrected chi connectivity index (χ3v) is 2.74. The van der Waals surface area contributed by atoms with Crippen LogP contribution in [0.15, 0.2) is 46.0 Å². The van der Waals surface area contributed by atoms with Gasteiger partial charge in [0.2, 0.25) is 0 Å². The lowest BCUT2D eigenvalue weighted by molar-refractivity contribution is -0.144. The van der Waals surface area contributed by atoms with Gasteiger partial charge in [-0.25, -0.2) is 9.79 Å². The van der Waals surface area contributed by atoms with Crippen molar-refractivity contribution in [1.82, 2.24) is 5.32 Å². The summed E-state index contributed by atoms with van der Waals surface area (Å²) < 4.78 is 0.709. The summed E-state index contributed by atoms with van der Waals surface area (Å²) in [5, 5.41) is 12.1. The number of hydrogen-bond donors (Lipinski definition) is 2. The van der Waals surface area contributed by atoms with Crippen LogP contribution >= 0.6 is 15.9 Å². The summed E-state index contributed by atoms with van der Waals surface area (Å²) in [4.78, 5) is 15.4. The smallest absolute Gasteiger partial charge is 0.357 e. The summed E-state index contributed by atoms with van der Waals surface area (Å²) in [6, 6.07) is 8.85. The Kier molecular flexibility index (Phi) is 2.78. The lowest BCUT2D eigenvalue weighted by atomic mass is 9.99. The Bertz CT molecular complexity index is 470. The Morgan fingerprint density at radius 2 is 2.06 bits per heavy atom. The van der Waals surface area contributed by atoms with E-state index in [1.54, 1.807) is 30.5 Å². The molecule has 0 fully saturated rings. The lowest BCUT2D eigenvalue weighted by Gasteiger charge is -2.28. The summed E-state index contributed by atoms with van der Waals surface area (Å²) in [6.07, 6.45) is 3.06. The monoisotopic (exact) mass is 280 g/mol. The second-order valence-electron chi connectivity index (χ2n) is 3.31. The van der Waals surface area contributed by atoms with Gasteiger partial charge in [0, 0.05) is 18.0 Å². The summed E-state index contributed by atoms with van der Waals surface area (Å²) in [6.45, 7) is 0. The first-order valence-corrected chi connectivity index (χ1v) is 5.42. The molecule has 0 radical (unpaired) electrons. The molecule has 0 saturated heterocycles. The number of aliphatic imine (C=N–C) groups is 1. The number of aliphatic carboxylic acids is 1. The molecule has 82 valence electrons. The summed E-state index contributed by atoms with van der Waals surface area (Å²) in [5.41, 5.74) is -0.826. The number of allylic oxidation sites excluding steroid dienone is 1. The van der Waals surface area contributed by atoms with E-state index < -0.39 is 11.6 Å². The lowest BCUT2D eigenvalue weighted by Crippen LogP contribution is -2.46. The number of carboxylic acids is 1. The van der Waals surface area contributed by atoms with E-state index in [0.717, 1.165) is 0 Å². The highest BCUT2D eigenvalue weighted by molar-refractivity contribution is 9.12. The second kappa shape index (κ2) is 4.09. The molecular weight excluding hydrogens is 272 g/mol. The van der Waals surface area contributed by atoms with E-state index in [1.165, 1.54) is 6.21 Å². The van der Waals surface area contributed by atoms with Crippen LogP contribution in [0.2, 0.25) is 0 Å². The predicted octanol–water partition coefficient (Wildman–Crippen LogP) is 1.83. The van der Waals surface area contributed by atoms with Crippen LogP contribution < -0.4 is 5.32 Å². The largest absolute Gasteiger partial charge is 0.478 e. The van der Waals surface area contributed by atoms with Gasteiger partial charge in [0.25, 0.3) is 5.66 Å². The molecule has 2 rings (SSSR count). The molecule has 16 heavy (non-hydrogen) atoms. The molecule has 0 saturated carbocycles. The van der Waals surface area contributed by atoms with Gasteiger partial charge in [0.15, 0.2) is 0 Å². The minimum atomic E-state index is -1.42. The minimum Gasteiger partial charge on any atom is -0.478 e. The molecule has 1 heterocycles. The highest BCUT2D eigenvalue weighted by Crippen LogP contribution is 2.26. The first-order valence-electron chi connectivity index (χ1n) is 4.63. The van der Waals surface area contributed by atoms with Crippen LogP contribution in [0, 0.1) is 0 Å². The van der Waals surface area contributed by atoms with Gasteiger partial charge in [-0.05, 0) is 15.9 Å². The third kappa shape index (κ3) is 1.74. The van der Waals surface area contributed by atoms with Crippen molar-refractivity contribution >= 4 is 28.1 Å². The highest BCUT2D eigenvalue weighted by Gasteiger charge is 2.40. The number of benzene rings is 1. The standard InChI is InChI=1S/C11H9BrN2O2/c12-9-6-13-11(10(15)16,14-7-9)8-4-2-1-3-5-8/h1-7,13H,(H,15,16). The normalized spacial score (nSPS) is 23.4. The van der Waals surface area contributed by atoms with Gasteiger partial charge in [-0.2, -0.15) is 0 Å². The Morgan fingerprint density at radius 1 is 1.38 bits per heavy atom. The SMILES string of the molecule is O=C(O)C1(c2ccccc2)N=CC(Br)=CN1. The fourth-order valence-electron chi connectivity index (χ4n) is 1.48. The summed E-state index contributed by atoms with van der Waals surface area (Å²) in [7, 11) is 0. The van der Waals surface area contributed by atoms with Crippen molar-refractivity contribution in [3.63, 3.8) is 0 Å². The average molecular weight is 281 g/mol. The van der Waals surface area contributed by atoms with Crippen LogP contribution in [-0.4, -0.2) is 17.3 Å². The predicted molar refractivity (Wildman–Crippen MR) is 64.4 cm³/mol. The van der Waals surface area contributed by atoms with Crippen molar-refractivity contribution in [2.45, 2.75) is 5.66 Å². The molecule has 1 aromatic rings.